The van der Waals surface area contributed by atoms with E-state index in [2.05, 4.69) is 33.1 Å². The van der Waals surface area contributed by atoms with Gasteiger partial charge in [-0.05, 0) is 124 Å². The van der Waals surface area contributed by atoms with Gasteiger partial charge in [-0.15, -0.1) is 0 Å². The second-order valence-electron chi connectivity index (χ2n) is 17.4. The SMILES string of the molecule is CC(OC(=O)C(C)N(C)C(=O)[O-])C(=O)OC(C)(C)C.CCCCBr.CCCCOC(=O)N(C)C(C)C(=O)OC(C)C(=O)OC(C)(C)C.CNC(C)C(=O)OC(C)C(=O)OC(C)(C)C.O=CO[O-].[K+].[K+].[K]. The molecule has 70 heavy (non-hydrogen) atoms. The van der Waals surface area contributed by atoms with E-state index in [-0.39, 0.29) is 161 Å². The van der Waals surface area contributed by atoms with E-state index < -0.39 is 101 Å². The molecule has 1 N–H and O–H groups in total. The fourth-order valence-electron chi connectivity index (χ4n) is 3.41. The average molecular weight is 1150 g/mol. The first kappa shape index (κ1) is 86.8. The van der Waals surface area contributed by atoms with Gasteiger partial charge >= 0.3 is 145 Å². The number of carboxylic acid groups (broad SMARTS) is 1. The Morgan fingerprint density at radius 2 is 0.900 bits per heavy atom. The molecule has 0 bridgehead atoms. The number of hydrogen-bond acceptors (Lipinski definition) is 20. The Labute approximate surface area is 552 Å². The number of unbranched alkanes of at least 4 members (excludes halogenated alkanes) is 2. The van der Waals surface area contributed by atoms with Crippen molar-refractivity contribution in [1.29, 1.82) is 0 Å². The first-order valence-electron chi connectivity index (χ1n) is 21.5. The Bertz CT molecular complexity index is 1490. The van der Waals surface area contributed by atoms with Gasteiger partial charge in [0, 0.05) is 70.8 Å². The van der Waals surface area contributed by atoms with Crippen molar-refractivity contribution >= 4 is 122 Å². The quantitative estimate of drug-likeness (QED) is 0.0218. The fourth-order valence-corrected chi connectivity index (χ4v) is 3.97. The summed E-state index contributed by atoms with van der Waals surface area (Å²) >= 11 is 3.31. The molecular formula is C44H80BrK3N3O19. The van der Waals surface area contributed by atoms with Crippen LogP contribution in [-0.2, 0) is 71.6 Å². The number of rotatable bonds is 18. The number of halogens is 1. The Balaban J connectivity index is -0.000000125. The number of nitrogens with one attached hydrogen (secondary N) is 1. The minimum absolute atomic E-state index is 0. The second kappa shape index (κ2) is 47.6. The van der Waals surface area contributed by atoms with E-state index in [4.69, 9.17) is 43.2 Å². The van der Waals surface area contributed by atoms with Crippen molar-refractivity contribution in [2.45, 2.75) is 197 Å². The molecule has 0 aromatic heterocycles. The molecule has 6 unspecified atom stereocenters. The summed E-state index contributed by atoms with van der Waals surface area (Å²) in [5.41, 5.74) is -1.93. The Hall–Kier alpha value is 0.139. The molecule has 0 aromatic rings. The van der Waals surface area contributed by atoms with E-state index >= 15 is 0 Å². The number of hydrogen-bond donors (Lipinski definition) is 1. The summed E-state index contributed by atoms with van der Waals surface area (Å²) in [5.74, 6) is -3.87. The maximum atomic E-state index is 12.0. The van der Waals surface area contributed by atoms with Crippen molar-refractivity contribution in [3.63, 3.8) is 0 Å². The Morgan fingerprint density at radius 3 is 1.13 bits per heavy atom. The van der Waals surface area contributed by atoms with Crippen LogP contribution in [0.25, 0.3) is 0 Å². The smallest absolute Gasteiger partial charge is 0.662 e. The summed E-state index contributed by atoms with van der Waals surface area (Å²) < 4.78 is 35.1. The van der Waals surface area contributed by atoms with Gasteiger partial charge < -0.3 is 63.4 Å². The molecule has 0 saturated carbocycles. The topological polar surface area (TPSA) is 292 Å². The molecule has 1 radical (unpaired) electrons. The van der Waals surface area contributed by atoms with Crippen molar-refractivity contribution in [2.75, 3.05) is 33.1 Å². The summed E-state index contributed by atoms with van der Waals surface area (Å²) in [5, 5.41) is 22.9. The first-order chi connectivity index (χ1) is 30.4. The molecule has 6 atom stereocenters. The standard InChI is InChI=1S/C16H29NO6.C12H21NO6.C11H21NO4.C4H9Br.CH2O3.3K/c1-8-9-10-21-15(20)17(7)11(2)13(18)22-12(3)14(19)23-16(4,5)6;1-7(13(6)11(16)17)9(14)18-8(2)10(15)19-12(3,4)5;1-7(12-6)9(13)15-8(2)10(14)16-11(3,4)5;1-2-3-4-5;2-1-4-3;;;/h11-12H,8-10H2,1-7H3;7-8H,1-6H3,(H,16,17);7-8,12H,1-6H3;2-4H2,1H3;1,3H;;;/q;;;;;;2*+1/p-2. The minimum Gasteiger partial charge on any atom is -0.662 e. The number of alkyl halides is 1. The van der Waals surface area contributed by atoms with Crippen LogP contribution in [-0.4, -0.2) is 202 Å². The molecule has 0 heterocycles. The number of nitrogens with zero attached hydrogens (tertiary/aromatic N) is 2. The first-order valence-corrected chi connectivity index (χ1v) is 22.7. The number of esters is 6. The van der Waals surface area contributed by atoms with Gasteiger partial charge in [-0.2, -0.15) is 0 Å². The van der Waals surface area contributed by atoms with Crippen LogP contribution in [0.1, 0.15) is 143 Å². The number of carbonyl (C=O) groups excluding carboxylic acids is 9. The molecule has 0 aliphatic rings. The molecule has 0 saturated heterocycles. The number of carbonyl (C=O) groups is 9. The van der Waals surface area contributed by atoms with E-state index in [1.54, 1.807) is 76.3 Å². The van der Waals surface area contributed by atoms with Gasteiger partial charge in [-0.1, -0.05) is 42.6 Å². The second-order valence-corrected chi connectivity index (χ2v) is 18.2. The predicted octanol–water partition coefficient (Wildman–Crippen LogP) is -2.45. The van der Waals surface area contributed by atoms with Gasteiger partial charge in [-0.3, -0.25) is 14.5 Å². The molecule has 0 fully saturated rings. The maximum Gasteiger partial charge on any atom is 1.00 e. The summed E-state index contributed by atoms with van der Waals surface area (Å²) in [4.78, 5) is 105. The van der Waals surface area contributed by atoms with Gasteiger partial charge in [0.15, 0.2) is 18.3 Å². The van der Waals surface area contributed by atoms with Crippen LogP contribution in [0.15, 0.2) is 0 Å². The molecule has 2 amide bonds. The van der Waals surface area contributed by atoms with E-state index in [0.717, 1.165) is 23.1 Å². The summed E-state index contributed by atoms with van der Waals surface area (Å²) in [7, 11) is 4.27. The van der Waals surface area contributed by atoms with Crippen LogP contribution < -0.4 is 118 Å². The molecule has 395 valence electrons. The zero-order valence-electron chi connectivity index (χ0n) is 46.3. The fraction of sp³-hybridized carbons (Fsp3) is 0.795. The van der Waals surface area contributed by atoms with E-state index in [1.165, 1.54) is 61.6 Å². The van der Waals surface area contributed by atoms with Crippen molar-refractivity contribution in [3.05, 3.63) is 0 Å². The van der Waals surface area contributed by atoms with Gasteiger partial charge in [0.25, 0.3) is 6.47 Å². The summed E-state index contributed by atoms with van der Waals surface area (Å²) in [6, 6.07) is -2.37. The van der Waals surface area contributed by atoms with E-state index in [9.17, 15) is 43.5 Å². The Morgan fingerprint density at radius 1 is 0.600 bits per heavy atom. The van der Waals surface area contributed by atoms with Gasteiger partial charge in [0.2, 0.25) is 0 Å². The van der Waals surface area contributed by atoms with E-state index in [0.29, 0.717) is 11.5 Å². The molecule has 22 nitrogen and oxygen atoms in total. The largest absolute Gasteiger partial charge is 1.00 e. The molecule has 0 aromatic carbocycles. The summed E-state index contributed by atoms with van der Waals surface area (Å²) in [6.07, 6.45) is -0.885. The maximum absolute atomic E-state index is 12.0. The van der Waals surface area contributed by atoms with Crippen LogP contribution in [0.4, 0.5) is 9.59 Å². The predicted molar refractivity (Wildman–Crippen MR) is 250 cm³/mol. The normalized spacial score (nSPS) is 12.7. The van der Waals surface area contributed by atoms with Gasteiger partial charge in [-0.25, -0.2) is 28.8 Å². The number of likely N-dealkylation sites (N-methyl/N-ethyl adjacent to an activating group) is 3. The van der Waals surface area contributed by atoms with E-state index in [1.807, 2.05) is 6.92 Å². The molecular weight excluding hydrogens is 1070 g/mol. The van der Waals surface area contributed by atoms with Gasteiger partial charge in [0.1, 0.15) is 41.0 Å². The molecule has 0 spiro atoms. The third-order valence-electron chi connectivity index (χ3n) is 7.55. The molecule has 0 rings (SSSR count). The monoisotopic (exact) mass is 1150 g/mol. The van der Waals surface area contributed by atoms with Crippen LogP contribution in [0, 0.1) is 0 Å². The number of ether oxygens (including phenoxy) is 7. The van der Waals surface area contributed by atoms with Crippen molar-refractivity contribution < 1.29 is 194 Å². The van der Waals surface area contributed by atoms with Crippen LogP contribution in [0.5, 0.6) is 0 Å². The third-order valence-corrected chi connectivity index (χ3v) is 8.11. The minimum atomic E-state index is -1.51. The van der Waals surface area contributed by atoms with Crippen molar-refractivity contribution in [1.82, 2.24) is 15.1 Å². The zero-order valence-corrected chi connectivity index (χ0v) is 57.3. The van der Waals surface area contributed by atoms with Crippen molar-refractivity contribution in [2.24, 2.45) is 0 Å². The molecule has 0 aliphatic heterocycles. The zero-order chi connectivity index (χ0) is 54.1. The molecule has 26 heteroatoms. The molecule has 0 aliphatic carbocycles. The van der Waals surface area contributed by atoms with Crippen molar-refractivity contribution in [3.8, 4) is 0 Å². The van der Waals surface area contributed by atoms with Crippen LogP contribution in [0.2, 0.25) is 0 Å². The van der Waals surface area contributed by atoms with Crippen LogP contribution >= 0.6 is 15.9 Å². The van der Waals surface area contributed by atoms with Gasteiger partial charge in [0.05, 0.1) is 6.61 Å². The number of amides is 2. The van der Waals surface area contributed by atoms with Crippen LogP contribution in [0.3, 0.4) is 0 Å². The Kier molecular flexibility index (Phi) is 59.0. The average Bonchev–Trinajstić information content (AvgIpc) is 3.21. The third kappa shape index (κ3) is 51.6. The summed E-state index contributed by atoms with van der Waals surface area (Å²) in [6.45, 7) is 28.6.